The lowest BCUT2D eigenvalue weighted by molar-refractivity contribution is 0.790. The monoisotopic (exact) mass is 322 g/mol. The van der Waals surface area contributed by atoms with Crippen LogP contribution in [0, 0.1) is 0 Å². The first-order valence-electron chi connectivity index (χ1n) is 9.51. The van der Waals surface area contributed by atoms with Crippen molar-refractivity contribution in [3.8, 4) is 11.1 Å². The zero-order valence-electron chi connectivity index (χ0n) is 16.8. The fourth-order valence-electron chi connectivity index (χ4n) is 3.64. The highest BCUT2D eigenvalue weighted by molar-refractivity contribution is 5.73. The van der Waals surface area contributed by atoms with E-state index in [2.05, 4.69) is 91.8 Å². The van der Waals surface area contributed by atoms with Gasteiger partial charge in [0.05, 0.1) is 0 Å². The molecule has 0 aromatic heterocycles. The van der Waals surface area contributed by atoms with Gasteiger partial charge in [-0.3, -0.25) is 0 Å². The maximum Gasteiger partial charge on any atom is -0.0114 e. The molecule has 0 amide bonds. The van der Waals surface area contributed by atoms with E-state index in [1.54, 1.807) is 0 Å². The lowest BCUT2D eigenvalue weighted by atomic mass is 9.82. The van der Waals surface area contributed by atoms with Crippen molar-refractivity contribution >= 4 is 0 Å². The summed E-state index contributed by atoms with van der Waals surface area (Å²) in [5, 5.41) is 0. The highest BCUT2D eigenvalue weighted by Crippen LogP contribution is 2.38. The largest absolute Gasteiger partial charge is 0.0617 e. The maximum absolute atomic E-state index is 2.45. The van der Waals surface area contributed by atoms with Crippen LogP contribution in [-0.4, -0.2) is 0 Å². The van der Waals surface area contributed by atoms with Crippen LogP contribution in [0.4, 0.5) is 0 Å². The number of hydrogen-bond donors (Lipinski definition) is 0. The summed E-state index contributed by atoms with van der Waals surface area (Å²) in [7, 11) is 0. The van der Waals surface area contributed by atoms with Crippen molar-refractivity contribution in [1.29, 1.82) is 0 Å². The molecule has 2 aromatic rings. The molecule has 0 heterocycles. The first kappa shape index (κ1) is 18.8. The van der Waals surface area contributed by atoms with E-state index in [1.807, 2.05) is 0 Å². The van der Waals surface area contributed by atoms with E-state index in [0.717, 1.165) is 0 Å². The molecule has 0 heteroatoms. The van der Waals surface area contributed by atoms with Crippen molar-refractivity contribution in [2.45, 2.75) is 79.1 Å². The van der Waals surface area contributed by atoms with Gasteiger partial charge in [-0.2, -0.15) is 0 Å². The van der Waals surface area contributed by atoms with Crippen LogP contribution in [-0.2, 0) is 0 Å². The third-order valence-corrected chi connectivity index (χ3v) is 4.99. The number of rotatable bonds is 5. The van der Waals surface area contributed by atoms with Crippen LogP contribution in [0.3, 0.4) is 0 Å². The fourth-order valence-corrected chi connectivity index (χ4v) is 3.64. The van der Waals surface area contributed by atoms with Gasteiger partial charge < -0.3 is 0 Å². The van der Waals surface area contributed by atoms with Gasteiger partial charge in [0.1, 0.15) is 0 Å². The molecule has 0 N–H and O–H groups in total. The standard InChI is InChI=1S/C24H34/c1-15(2)20-13-12-19(14-23(20)18(7)8)24-21(16(3)4)10-9-11-22(24)17(5)6/h9-18H,1-8H3. The lowest BCUT2D eigenvalue weighted by Gasteiger charge is -2.23. The number of hydrogen-bond acceptors (Lipinski definition) is 0. The second-order valence-electron chi connectivity index (χ2n) is 8.27. The van der Waals surface area contributed by atoms with Crippen LogP contribution < -0.4 is 0 Å². The van der Waals surface area contributed by atoms with Crippen molar-refractivity contribution < 1.29 is 0 Å². The van der Waals surface area contributed by atoms with Crippen LogP contribution in [0.25, 0.3) is 11.1 Å². The van der Waals surface area contributed by atoms with Crippen molar-refractivity contribution in [2.75, 3.05) is 0 Å². The first-order valence-corrected chi connectivity index (χ1v) is 9.51. The quantitative estimate of drug-likeness (QED) is 0.525. The molecule has 0 bridgehead atoms. The molecule has 2 aromatic carbocycles. The Kier molecular flexibility index (Phi) is 5.91. The summed E-state index contributed by atoms with van der Waals surface area (Å²) < 4.78 is 0. The van der Waals surface area contributed by atoms with Gasteiger partial charge in [-0.15, -0.1) is 0 Å². The van der Waals surface area contributed by atoms with Gasteiger partial charge in [-0.1, -0.05) is 91.8 Å². The van der Waals surface area contributed by atoms with Crippen molar-refractivity contribution in [3.63, 3.8) is 0 Å². The van der Waals surface area contributed by atoms with Crippen LogP contribution in [0.15, 0.2) is 36.4 Å². The summed E-state index contributed by atoms with van der Waals surface area (Å²) in [5.41, 5.74) is 8.76. The highest BCUT2D eigenvalue weighted by atomic mass is 14.2. The van der Waals surface area contributed by atoms with E-state index in [1.165, 1.54) is 33.4 Å². The minimum absolute atomic E-state index is 0.533. The van der Waals surface area contributed by atoms with E-state index >= 15 is 0 Å². The van der Waals surface area contributed by atoms with Gasteiger partial charge in [-0.05, 0) is 57.1 Å². The van der Waals surface area contributed by atoms with Crippen LogP contribution in [0.1, 0.15) is 101 Å². The zero-order chi connectivity index (χ0) is 18.0. The molecule has 130 valence electrons. The predicted molar refractivity (Wildman–Crippen MR) is 108 cm³/mol. The van der Waals surface area contributed by atoms with E-state index in [4.69, 9.17) is 0 Å². The molecule has 0 aliphatic carbocycles. The number of benzene rings is 2. The molecule has 24 heavy (non-hydrogen) atoms. The molecular formula is C24H34. The van der Waals surface area contributed by atoms with E-state index in [9.17, 15) is 0 Å². The lowest BCUT2D eigenvalue weighted by Crippen LogP contribution is -2.03. The molecule has 0 spiro atoms. The second kappa shape index (κ2) is 7.55. The normalized spacial score (nSPS) is 12.0. The molecule has 0 aliphatic heterocycles. The van der Waals surface area contributed by atoms with Crippen molar-refractivity contribution in [2.24, 2.45) is 0 Å². The fraction of sp³-hybridized carbons (Fsp3) is 0.500. The average Bonchev–Trinajstić information content (AvgIpc) is 2.53. The molecule has 0 saturated heterocycles. The Labute approximate surface area is 149 Å². The van der Waals surface area contributed by atoms with Crippen LogP contribution in [0.2, 0.25) is 0 Å². The molecule has 0 radical (unpaired) electrons. The van der Waals surface area contributed by atoms with Gasteiger partial charge in [0, 0.05) is 0 Å². The summed E-state index contributed by atoms with van der Waals surface area (Å²) in [4.78, 5) is 0. The molecule has 0 saturated carbocycles. The first-order chi connectivity index (χ1) is 11.2. The molecule has 0 unspecified atom stereocenters. The van der Waals surface area contributed by atoms with E-state index in [-0.39, 0.29) is 0 Å². The molecule has 0 atom stereocenters. The van der Waals surface area contributed by atoms with E-state index < -0.39 is 0 Å². The Morgan fingerprint density at radius 3 is 1.38 bits per heavy atom. The SMILES string of the molecule is CC(C)c1ccc(-c2c(C(C)C)cccc2C(C)C)cc1C(C)C. The van der Waals surface area contributed by atoms with Gasteiger partial charge in [0.15, 0.2) is 0 Å². The third kappa shape index (κ3) is 3.74. The predicted octanol–water partition coefficient (Wildman–Crippen LogP) is 7.85. The molecule has 2 rings (SSSR count). The van der Waals surface area contributed by atoms with E-state index in [0.29, 0.717) is 23.7 Å². The van der Waals surface area contributed by atoms with Gasteiger partial charge in [0.25, 0.3) is 0 Å². The minimum Gasteiger partial charge on any atom is -0.0617 e. The van der Waals surface area contributed by atoms with Gasteiger partial charge >= 0.3 is 0 Å². The molecule has 0 nitrogen and oxygen atoms in total. The Balaban J connectivity index is 2.74. The summed E-state index contributed by atoms with van der Waals surface area (Å²) in [6, 6.07) is 14.0. The molecule has 0 fully saturated rings. The second-order valence-corrected chi connectivity index (χ2v) is 8.27. The van der Waals surface area contributed by atoms with Gasteiger partial charge in [0.2, 0.25) is 0 Å². The summed E-state index contributed by atoms with van der Waals surface area (Å²) in [5.74, 6) is 2.19. The Hall–Kier alpha value is -1.56. The maximum atomic E-state index is 2.45. The Bertz CT molecular complexity index is 661. The van der Waals surface area contributed by atoms with Gasteiger partial charge in [-0.25, -0.2) is 0 Å². The van der Waals surface area contributed by atoms with Crippen LogP contribution in [0.5, 0.6) is 0 Å². The summed E-state index contributed by atoms with van der Waals surface area (Å²) in [6.07, 6.45) is 0. The van der Waals surface area contributed by atoms with Crippen molar-refractivity contribution in [3.05, 3.63) is 58.7 Å². The van der Waals surface area contributed by atoms with Crippen molar-refractivity contribution in [1.82, 2.24) is 0 Å². The Morgan fingerprint density at radius 1 is 0.500 bits per heavy atom. The minimum atomic E-state index is 0.533. The molecular weight excluding hydrogens is 288 g/mol. The van der Waals surface area contributed by atoms with Crippen LogP contribution >= 0.6 is 0 Å². The third-order valence-electron chi connectivity index (χ3n) is 4.99. The Morgan fingerprint density at radius 2 is 0.958 bits per heavy atom. The zero-order valence-corrected chi connectivity index (χ0v) is 16.8. The smallest absolute Gasteiger partial charge is 0.0114 e. The summed E-state index contributed by atoms with van der Waals surface area (Å²) in [6.45, 7) is 18.4. The molecule has 0 aliphatic rings. The topological polar surface area (TPSA) is 0 Å². The highest BCUT2D eigenvalue weighted by Gasteiger charge is 2.18. The summed E-state index contributed by atoms with van der Waals surface area (Å²) >= 11 is 0. The average molecular weight is 323 g/mol.